The van der Waals surface area contributed by atoms with Crippen molar-refractivity contribution in [1.29, 1.82) is 0 Å². The second-order valence-electron chi connectivity index (χ2n) is 4.92. The van der Waals surface area contributed by atoms with E-state index in [1.54, 1.807) is 16.4 Å². The number of anilines is 1. The van der Waals surface area contributed by atoms with Gasteiger partial charge < -0.3 is 5.32 Å². The molecule has 3 aromatic rings. The number of benzene rings is 2. The van der Waals surface area contributed by atoms with Gasteiger partial charge in [-0.1, -0.05) is 53.4 Å². The molecule has 2 aromatic carbocycles. The van der Waals surface area contributed by atoms with Gasteiger partial charge in [0.25, 0.3) is 0 Å². The fourth-order valence-corrected chi connectivity index (χ4v) is 4.83. The summed E-state index contributed by atoms with van der Waals surface area (Å²) in [6.07, 6.45) is 1.99. The van der Waals surface area contributed by atoms with E-state index in [0.717, 1.165) is 20.6 Å². The van der Waals surface area contributed by atoms with Crippen molar-refractivity contribution in [3.8, 4) is 5.69 Å². The van der Waals surface area contributed by atoms with Gasteiger partial charge in [0.1, 0.15) is 0 Å². The molecule has 25 heavy (non-hydrogen) atoms. The number of nitrogens with zero attached hydrogens (tertiary/aromatic N) is 2. The van der Waals surface area contributed by atoms with E-state index < -0.39 is 0 Å². The smallest absolute Gasteiger partial charge is 0.234 e. The largest absolute Gasteiger partial charge is 0.324 e. The maximum atomic E-state index is 12.2. The molecule has 0 radical (unpaired) electrons. The van der Waals surface area contributed by atoms with Crippen molar-refractivity contribution < 1.29 is 4.79 Å². The van der Waals surface area contributed by atoms with Crippen molar-refractivity contribution in [3.63, 3.8) is 0 Å². The summed E-state index contributed by atoms with van der Waals surface area (Å²) in [6, 6.07) is 17.5. The van der Waals surface area contributed by atoms with E-state index in [-0.39, 0.29) is 5.91 Å². The predicted molar refractivity (Wildman–Crippen MR) is 110 cm³/mol. The molecule has 0 aliphatic carbocycles. The molecule has 3 rings (SSSR count). The van der Waals surface area contributed by atoms with Crippen LogP contribution in [0, 0.1) is 3.95 Å². The Bertz CT molecular complexity index is 921. The number of thioether (sulfide) groups is 2. The lowest BCUT2D eigenvalue weighted by molar-refractivity contribution is -0.113. The Hall–Kier alpha value is -1.61. The van der Waals surface area contributed by atoms with Crippen molar-refractivity contribution >= 4 is 58.7 Å². The lowest BCUT2D eigenvalue weighted by Crippen LogP contribution is -2.14. The van der Waals surface area contributed by atoms with Gasteiger partial charge in [0.15, 0.2) is 8.29 Å². The summed E-state index contributed by atoms with van der Waals surface area (Å²) in [5, 5.41) is 7.45. The molecule has 0 saturated heterocycles. The summed E-state index contributed by atoms with van der Waals surface area (Å²) in [6.45, 7) is 0. The minimum Gasteiger partial charge on any atom is -0.324 e. The summed E-state index contributed by atoms with van der Waals surface area (Å²) in [5.41, 5.74) is 1.76. The minimum atomic E-state index is -0.0566. The molecule has 0 unspecified atom stereocenters. The highest BCUT2D eigenvalue weighted by Crippen LogP contribution is 2.26. The highest BCUT2D eigenvalue weighted by molar-refractivity contribution is 8.01. The van der Waals surface area contributed by atoms with Gasteiger partial charge in [0.2, 0.25) is 5.91 Å². The van der Waals surface area contributed by atoms with E-state index in [4.69, 9.17) is 12.2 Å². The van der Waals surface area contributed by atoms with Crippen LogP contribution in [0.5, 0.6) is 0 Å². The summed E-state index contributed by atoms with van der Waals surface area (Å²) in [5.74, 6) is 0.235. The fourth-order valence-electron chi connectivity index (χ4n) is 2.11. The maximum absolute atomic E-state index is 12.2. The molecule has 1 aromatic heterocycles. The van der Waals surface area contributed by atoms with Crippen LogP contribution < -0.4 is 5.32 Å². The normalized spacial score (nSPS) is 10.6. The number of hydrogen-bond acceptors (Lipinski definition) is 6. The average molecular weight is 406 g/mol. The number of hydrogen-bond donors (Lipinski definition) is 1. The first kappa shape index (κ1) is 18.2. The summed E-state index contributed by atoms with van der Waals surface area (Å²) in [4.78, 5) is 13.3. The monoisotopic (exact) mass is 405 g/mol. The first-order valence-electron chi connectivity index (χ1n) is 7.38. The van der Waals surface area contributed by atoms with Crippen LogP contribution >= 0.6 is 47.1 Å². The molecule has 128 valence electrons. The highest BCUT2D eigenvalue weighted by Gasteiger charge is 2.10. The van der Waals surface area contributed by atoms with Crippen LogP contribution in [0.4, 0.5) is 5.69 Å². The summed E-state index contributed by atoms with van der Waals surface area (Å²) in [7, 11) is 0. The Labute approximate surface area is 163 Å². The first-order valence-corrected chi connectivity index (χ1v) is 10.8. The van der Waals surface area contributed by atoms with Gasteiger partial charge in [-0.2, -0.15) is 0 Å². The zero-order valence-electron chi connectivity index (χ0n) is 13.3. The molecule has 0 aliphatic heterocycles. The molecule has 0 atom stereocenters. The summed E-state index contributed by atoms with van der Waals surface area (Å²) < 4.78 is 3.17. The molecule has 0 bridgehead atoms. The molecule has 1 heterocycles. The van der Waals surface area contributed by atoms with Gasteiger partial charge in [-0.15, -0.1) is 16.9 Å². The third-order valence-electron chi connectivity index (χ3n) is 3.24. The molecule has 4 nitrogen and oxygen atoms in total. The topological polar surface area (TPSA) is 46.9 Å². The Kier molecular flexibility index (Phi) is 6.30. The van der Waals surface area contributed by atoms with Crippen molar-refractivity contribution in [2.45, 2.75) is 9.24 Å². The minimum absolute atomic E-state index is 0.0566. The molecular formula is C17H15N3OS4. The standard InChI is InChI=1S/C17H15N3OS4/c1-23-14-10-6-5-9-13(14)18-15(21)11-24-16-19-20(17(22)25-16)12-7-3-2-4-8-12/h2-10H,11H2,1H3,(H,18,21). The molecule has 0 fully saturated rings. The molecule has 8 heteroatoms. The number of rotatable bonds is 6. The molecule has 1 amide bonds. The number of amides is 1. The van der Waals surface area contributed by atoms with Gasteiger partial charge in [-0.25, -0.2) is 4.68 Å². The predicted octanol–water partition coefficient (Wildman–Crippen LogP) is 5.12. The lowest BCUT2D eigenvalue weighted by atomic mass is 10.3. The Morgan fingerprint density at radius 3 is 2.68 bits per heavy atom. The summed E-state index contributed by atoms with van der Waals surface area (Å²) >= 11 is 9.78. The van der Waals surface area contributed by atoms with E-state index in [9.17, 15) is 4.79 Å². The van der Waals surface area contributed by atoms with E-state index in [2.05, 4.69) is 10.4 Å². The van der Waals surface area contributed by atoms with Crippen molar-refractivity contribution in [2.24, 2.45) is 0 Å². The lowest BCUT2D eigenvalue weighted by Gasteiger charge is -2.08. The van der Waals surface area contributed by atoms with E-state index in [1.807, 2.05) is 60.9 Å². The van der Waals surface area contributed by atoms with Crippen LogP contribution in [0.3, 0.4) is 0 Å². The number of carbonyl (C=O) groups is 1. The fraction of sp³-hybridized carbons (Fsp3) is 0.118. The molecule has 0 saturated carbocycles. The van der Waals surface area contributed by atoms with Gasteiger partial charge in [-0.05, 0) is 42.7 Å². The highest BCUT2D eigenvalue weighted by atomic mass is 32.2. The zero-order chi connectivity index (χ0) is 17.6. The number of para-hydroxylation sites is 2. The Balaban J connectivity index is 1.64. The van der Waals surface area contributed by atoms with Crippen molar-refractivity contribution in [1.82, 2.24) is 9.78 Å². The molecule has 0 spiro atoms. The van der Waals surface area contributed by atoms with Crippen LogP contribution in [0.1, 0.15) is 0 Å². The van der Waals surface area contributed by atoms with Gasteiger partial charge in [0, 0.05) is 4.90 Å². The van der Waals surface area contributed by atoms with E-state index in [1.165, 1.54) is 23.1 Å². The second-order valence-corrected chi connectivity index (χ2v) is 8.61. The molecule has 0 aliphatic rings. The number of nitrogens with one attached hydrogen (secondary N) is 1. The van der Waals surface area contributed by atoms with Crippen molar-refractivity contribution in [3.05, 3.63) is 58.6 Å². The number of carbonyl (C=O) groups excluding carboxylic acids is 1. The Morgan fingerprint density at radius 1 is 1.20 bits per heavy atom. The third kappa shape index (κ3) is 4.72. The third-order valence-corrected chi connectivity index (χ3v) is 6.40. The van der Waals surface area contributed by atoms with Crippen LogP contribution in [0.25, 0.3) is 5.69 Å². The van der Waals surface area contributed by atoms with Crippen LogP contribution in [0.15, 0.2) is 63.8 Å². The van der Waals surface area contributed by atoms with Crippen molar-refractivity contribution in [2.75, 3.05) is 17.3 Å². The zero-order valence-corrected chi connectivity index (χ0v) is 16.6. The Morgan fingerprint density at radius 2 is 1.92 bits per heavy atom. The van der Waals surface area contributed by atoms with Gasteiger partial charge >= 0.3 is 0 Å². The van der Waals surface area contributed by atoms with E-state index in [0.29, 0.717) is 9.71 Å². The van der Waals surface area contributed by atoms with E-state index >= 15 is 0 Å². The number of aromatic nitrogens is 2. The first-order chi connectivity index (χ1) is 12.2. The van der Waals surface area contributed by atoms with Crippen LogP contribution in [-0.2, 0) is 4.79 Å². The molecule has 1 N–H and O–H groups in total. The maximum Gasteiger partial charge on any atom is 0.234 e. The average Bonchev–Trinajstić information content (AvgIpc) is 3.02. The van der Waals surface area contributed by atoms with Crippen LogP contribution in [0.2, 0.25) is 0 Å². The quantitative estimate of drug-likeness (QED) is 0.456. The van der Waals surface area contributed by atoms with Crippen LogP contribution in [-0.4, -0.2) is 27.7 Å². The molecular weight excluding hydrogens is 390 g/mol. The van der Waals surface area contributed by atoms with Gasteiger partial charge in [-0.3, -0.25) is 4.79 Å². The SMILES string of the molecule is CSc1ccccc1NC(=O)CSc1nn(-c2ccccc2)c(=S)s1. The van der Waals surface area contributed by atoms with Gasteiger partial charge in [0.05, 0.1) is 17.1 Å². The second kappa shape index (κ2) is 8.66.